The molecule has 0 aliphatic heterocycles. The van der Waals surface area contributed by atoms with Crippen molar-refractivity contribution in [1.29, 1.82) is 0 Å². The molecule has 0 fully saturated rings. The van der Waals surface area contributed by atoms with Crippen LogP contribution in [0.5, 0.6) is 0 Å². The van der Waals surface area contributed by atoms with E-state index in [9.17, 15) is 9.60 Å². The summed E-state index contributed by atoms with van der Waals surface area (Å²) in [6.07, 6.45) is 0. The zero-order valence-electron chi connectivity index (χ0n) is 48.7. The van der Waals surface area contributed by atoms with Gasteiger partial charge in [0.2, 0.25) is 0 Å². The van der Waals surface area contributed by atoms with Crippen LogP contribution in [0.2, 0.25) is 0 Å². The number of fused-ring (bicyclic) bond motifs is 3. The summed E-state index contributed by atoms with van der Waals surface area (Å²) in [5.74, 6) is 0. The fraction of sp³-hybridized carbons (Fsp3) is 0.0508. The Bertz CT molecular complexity index is 4650. The highest BCUT2D eigenvalue weighted by Gasteiger charge is 2.35. The molecule has 1 aliphatic rings. The molecule has 1 aliphatic carbocycles. The van der Waals surface area contributed by atoms with Crippen LogP contribution in [0.3, 0.4) is 0 Å². The zero-order chi connectivity index (χ0) is 53.8. The quantitative estimate of drug-likeness (QED) is 0.157. The van der Waals surface area contributed by atoms with Crippen LogP contribution in [0.1, 0.15) is 48.3 Å². The number of benzene rings is 12. The van der Waals surface area contributed by atoms with Crippen molar-refractivity contribution in [3.8, 4) is 55.6 Å². The van der Waals surface area contributed by atoms with Gasteiger partial charge in [0.05, 0.1) is 23.3 Å². The molecule has 0 heterocycles. The van der Waals surface area contributed by atoms with Crippen molar-refractivity contribution in [2.24, 2.45) is 0 Å². The predicted octanol–water partition coefficient (Wildman–Crippen LogP) is 16.5. The molecule has 0 radical (unpaired) electrons. The van der Waals surface area contributed by atoms with Gasteiger partial charge in [-0.15, -0.1) is 0 Å². The van der Waals surface area contributed by atoms with Gasteiger partial charge in [-0.1, -0.05) is 183 Å². The number of hydrogen-bond acceptors (Lipinski definition) is 0. The van der Waals surface area contributed by atoms with Crippen LogP contribution < -0.4 is 0 Å². The van der Waals surface area contributed by atoms with Gasteiger partial charge in [-0.3, -0.25) is 0 Å². The third-order valence-electron chi connectivity index (χ3n) is 12.3. The summed E-state index contributed by atoms with van der Waals surface area (Å²) in [5.41, 5.74) is 7.84. The van der Waals surface area contributed by atoms with E-state index in [1.807, 2.05) is 36.4 Å². The molecule has 0 aromatic heterocycles. The van der Waals surface area contributed by atoms with Gasteiger partial charge >= 0.3 is 0 Å². The highest BCUT2D eigenvalue weighted by Crippen LogP contribution is 2.50. The lowest BCUT2D eigenvalue weighted by Gasteiger charge is -2.22. The van der Waals surface area contributed by atoms with Crippen molar-refractivity contribution >= 4 is 64.6 Å². The van der Waals surface area contributed by atoms with E-state index >= 15 is 0 Å². The van der Waals surface area contributed by atoms with Crippen LogP contribution in [-0.2, 0) is 5.41 Å². The van der Waals surface area contributed by atoms with E-state index in [4.69, 9.17) is 13.7 Å². The first kappa shape index (κ1) is 20.4. The highest BCUT2D eigenvalue weighted by molar-refractivity contribution is 6.26. The molecule has 0 amide bonds. The van der Waals surface area contributed by atoms with Crippen molar-refractivity contribution in [2.75, 3.05) is 0 Å². The molecule has 0 unspecified atom stereocenters. The van der Waals surface area contributed by atoms with Gasteiger partial charge in [0.1, 0.15) is 0 Å². The van der Waals surface area contributed by atoms with Crippen LogP contribution in [0.25, 0.3) is 120 Å². The summed E-state index contributed by atoms with van der Waals surface area (Å²) < 4.78 is 154. The van der Waals surface area contributed by atoms with E-state index in [2.05, 4.69) is 38.1 Å². The molecule has 12 aromatic carbocycles. The van der Waals surface area contributed by atoms with Crippen molar-refractivity contribution in [2.45, 2.75) is 19.3 Å². The maximum absolute atomic E-state index is 9.68. The Balaban J connectivity index is 1.08. The fourth-order valence-corrected chi connectivity index (χ4v) is 9.44. The minimum Gasteiger partial charge on any atom is -0.0619 e. The molecule has 0 bridgehead atoms. The lowest BCUT2D eigenvalue weighted by molar-refractivity contribution is 0.660. The molecule has 0 atom stereocenters. The van der Waals surface area contributed by atoms with E-state index in [0.29, 0.717) is 27.8 Å². The second-order valence-electron chi connectivity index (χ2n) is 15.9. The SMILES string of the molecule is [2H]c1cc2c([2H])c([2H])c3c([2H])c([2H])c(-c4cc(-c5ccc(-c6c([2H])c([2H])c7c([2H])c([2H])c8c([2H])c([2H])c([2H])c9c([2H])c([2H])c6c7c89)cc5)cc(-c5ccc6c(c5)C(C)(C)c5ccccc5-6)c4)c4c([2H])c([2H])c(c1[2H])c2c34. The van der Waals surface area contributed by atoms with E-state index in [1.54, 1.807) is 24.3 Å². The highest BCUT2D eigenvalue weighted by atomic mass is 14.4. The molecular formula is C59H38. The summed E-state index contributed by atoms with van der Waals surface area (Å²) >= 11 is 0. The van der Waals surface area contributed by atoms with Crippen LogP contribution in [0, 0.1) is 0 Å². The molecule has 59 heavy (non-hydrogen) atoms. The van der Waals surface area contributed by atoms with Gasteiger partial charge in [0.15, 0.2) is 0 Å². The Morgan fingerprint density at radius 1 is 0.322 bits per heavy atom. The second kappa shape index (κ2) is 11.9. The first-order valence-corrected chi connectivity index (χ1v) is 19.4. The molecule has 13 rings (SSSR count). The molecule has 12 aromatic rings. The van der Waals surface area contributed by atoms with Gasteiger partial charge < -0.3 is 0 Å². The van der Waals surface area contributed by atoms with Crippen molar-refractivity contribution < 1.29 is 23.3 Å². The Morgan fingerprint density at radius 3 is 1.53 bits per heavy atom. The van der Waals surface area contributed by atoms with Crippen molar-refractivity contribution in [3.05, 3.63) is 205 Å². The van der Waals surface area contributed by atoms with E-state index < -0.39 is 48.3 Å². The summed E-state index contributed by atoms with van der Waals surface area (Å²) in [7, 11) is 0. The predicted molar refractivity (Wildman–Crippen MR) is 253 cm³/mol. The first-order valence-electron chi connectivity index (χ1n) is 27.9. The summed E-state index contributed by atoms with van der Waals surface area (Å²) in [6, 6.07) is 21.6. The van der Waals surface area contributed by atoms with Crippen LogP contribution in [-0.4, -0.2) is 0 Å². The molecule has 0 saturated heterocycles. The Labute approximate surface area is 367 Å². The number of rotatable bonds is 4. The lowest BCUT2D eigenvalue weighted by atomic mass is 9.81. The average Bonchev–Trinajstić information content (AvgIpc) is 3.79. The third kappa shape index (κ3) is 4.66. The van der Waals surface area contributed by atoms with Gasteiger partial charge in [0.25, 0.3) is 0 Å². The monoisotopic (exact) mass is 763 g/mol. The summed E-state index contributed by atoms with van der Waals surface area (Å²) in [6.45, 7) is 4.35. The van der Waals surface area contributed by atoms with Crippen molar-refractivity contribution in [1.82, 2.24) is 0 Å². The first-order chi connectivity index (χ1) is 36.1. The molecule has 0 N–H and O–H groups in total. The minimum absolute atomic E-state index is 0.0373. The molecule has 274 valence electrons. The normalized spacial score (nSPS) is 17.4. The molecule has 0 spiro atoms. The van der Waals surface area contributed by atoms with Crippen LogP contribution >= 0.6 is 0 Å². The Kier molecular flexibility index (Phi) is 4.11. The van der Waals surface area contributed by atoms with Crippen LogP contribution in [0.15, 0.2) is 194 Å². The third-order valence-corrected chi connectivity index (χ3v) is 12.3. The maximum atomic E-state index is 9.68. The Hall–Kier alpha value is -7.28. The van der Waals surface area contributed by atoms with Crippen LogP contribution in [0.4, 0.5) is 0 Å². The van der Waals surface area contributed by atoms with E-state index in [1.165, 1.54) is 11.6 Å². The minimum atomic E-state index is -0.553. The van der Waals surface area contributed by atoms with Gasteiger partial charge in [0, 0.05) is 5.41 Å². The molecule has 0 nitrogen and oxygen atoms in total. The summed E-state index contributed by atoms with van der Waals surface area (Å²) in [4.78, 5) is 0. The lowest BCUT2D eigenvalue weighted by Crippen LogP contribution is -2.14. The largest absolute Gasteiger partial charge is 0.0630 e. The number of hydrogen-bond donors (Lipinski definition) is 0. The molecule has 0 saturated carbocycles. The average molecular weight is 764 g/mol. The van der Waals surface area contributed by atoms with Gasteiger partial charge in [-0.2, -0.15) is 0 Å². The standard InChI is InChI=1S/C59H38/c1-59(2)53-12-4-3-11-49(53)50-28-25-43(34-54(50)59)45-31-44(32-46(33-45)48-27-22-42-20-18-38-8-6-10-40-24-30-52(48)58(42)56(38)40)35-13-15-36(16-14-35)47-26-21-41-19-17-37-7-5-9-39-23-29-51(47)57(41)55(37)39/h3-34H,1-2H3/i5D,6D,7D,9D,10D,17D,18D,19D,20D,21D,22D,23D,24D,26D,27D,29D,30D. The van der Waals surface area contributed by atoms with E-state index in [0.717, 1.165) is 22.3 Å². The zero-order valence-corrected chi connectivity index (χ0v) is 31.7. The molecular weight excluding hydrogens is 709 g/mol. The molecule has 0 heteroatoms. The fourth-order valence-electron chi connectivity index (χ4n) is 9.44. The maximum Gasteiger partial charge on any atom is 0.0630 e. The van der Waals surface area contributed by atoms with E-state index in [-0.39, 0.29) is 136 Å². The van der Waals surface area contributed by atoms with Gasteiger partial charge in [-0.05, 0) is 156 Å². The Morgan fingerprint density at radius 2 is 0.814 bits per heavy atom. The smallest absolute Gasteiger partial charge is 0.0619 e. The topological polar surface area (TPSA) is 0 Å². The van der Waals surface area contributed by atoms with Gasteiger partial charge in [-0.25, -0.2) is 0 Å². The second-order valence-corrected chi connectivity index (χ2v) is 15.9. The van der Waals surface area contributed by atoms with Crippen molar-refractivity contribution in [3.63, 3.8) is 0 Å². The summed E-state index contributed by atoms with van der Waals surface area (Å²) in [5, 5.41) is 0.304.